The van der Waals surface area contributed by atoms with Crippen molar-refractivity contribution in [3.05, 3.63) is 89.5 Å². The van der Waals surface area contributed by atoms with Gasteiger partial charge in [0.1, 0.15) is 19.3 Å². The molecule has 1 N–H and O–H groups in total. The third-order valence-electron chi connectivity index (χ3n) is 8.37. The summed E-state index contributed by atoms with van der Waals surface area (Å²) in [5.41, 5.74) is 3.42. The zero-order valence-electron chi connectivity index (χ0n) is 26.1. The van der Waals surface area contributed by atoms with Gasteiger partial charge < -0.3 is 19.7 Å². The minimum Gasteiger partial charge on any atom is -0.486 e. The summed E-state index contributed by atoms with van der Waals surface area (Å²) in [6.45, 7) is 3.20. The minimum absolute atomic E-state index is 0.0738. The summed E-state index contributed by atoms with van der Waals surface area (Å²) in [5.74, 6) is 0.709. The van der Waals surface area contributed by atoms with Gasteiger partial charge in [0.05, 0.1) is 11.9 Å². The first-order valence-corrected chi connectivity index (χ1v) is 17.6. The van der Waals surface area contributed by atoms with E-state index in [1.165, 1.54) is 4.31 Å². The molecule has 3 aromatic carbocycles. The van der Waals surface area contributed by atoms with Crippen molar-refractivity contribution >= 4 is 27.5 Å². The molecule has 0 aromatic heterocycles. The number of rotatable bonds is 13. The maximum Gasteiger partial charge on any atom is 0.243 e. The number of hydrogen-bond acceptors (Lipinski definition) is 6. The Morgan fingerprint density at radius 1 is 0.911 bits per heavy atom. The summed E-state index contributed by atoms with van der Waals surface area (Å²) < 4.78 is 38.3. The first-order chi connectivity index (χ1) is 21.7. The predicted molar refractivity (Wildman–Crippen MR) is 175 cm³/mol. The van der Waals surface area contributed by atoms with Crippen LogP contribution in [0.4, 0.5) is 5.69 Å². The maximum atomic E-state index is 14.1. The van der Waals surface area contributed by atoms with Crippen LogP contribution in [0.3, 0.4) is 0 Å². The molecular formula is C35H43N3O6S. The molecule has 10 heteroatoms. The van der Waals surface area contributed by atoms with Gasteiger partial charge in [-0.2, -0.15) is 0 Å². The molecule has 2 aliphatic rings. The molecular weight excluding hydrogens is 590 g/mol. The van der Waals surface area contributed by atoms with Crippen molar-refractivity contribution in [3.8, 4) is 11.5 Å². The number of fused-ring (bicyclic) bond motifs is 1. The number of nitrogens with zero attached hydrogens (tertiary/aromatic N) is 2. The molecule has 0 spiro atoms. The van der Waals surface area contributed by atoms with E-state index in [2.05, 4.69) is 5.32 Å². The van der Waals surface area contributed by atoms with Crippen molar-refractivity contribution in [3.63, 3.8) is 0 Å². The fourth-order valence-corrected chi connectivity index (χ4v) is 7.08. The van der Waals surface area contributed by atoms with E-state index in [1.807, 2.05) is 61.5 Å². The lowest BCUT2D eigenvalue weighted by Gasteiger charge is -2.33. The van der Waals surface area contributed by atoms with E-state index in [0.717, 1.165) is 48.6 Å². The van der Waals surface area contributed by atoms with Crippen molar-refractivity contribution in [2.75, 3.05) is 30.3 Å². The smallest absolute Gasteiger partial charge is 0.243 e. The number of amides is 2. The van der Waals surface area contributed by atoms with E-state index in [9.17, 15) is 18.0 Å². The van der Waals surface area contributed by atoms with E-state index in [-0.39, 0.29) is 43.8 Å². The lowest BCUT2D eigenvalue weighted by atomic mass is 10.0. The second-order valence-electron chi connectivity index (χ2n) is 12.0. The van der Waals surface area contributed by atoms with Crippen molar-refractivity contribution in [1.29, 1.82) is 0 Å². The number of ether oxygens (including phenoxy) is 2. The highest BCUT2D eigenvalue weighted by Crippen LogP contribution is 2.35. The molecule has 1 aliphatic heterocycles. The third-order valence-corrected chi connectivity index (χ3v) is 9.57. The van der Waals surface area contributed by atoms with Crippen molar-refractivity contribution < 1.29 is 27.5 Å². The summed E-state index contributed by atoms with van der Waals surface area (Å²) in [6.07, 6.45) is 5.92. The number of benzene rings is 3. The molecule has 45 heavy (non-hydrogen) atoms. The van der Waals surface area contributed by atoms with E-state index in [1.54, 1.807) is 23.1 Å². The number of anilines is 1. The molecule has 1 heterocycles. The molecule has 1 atom stereocenters. The van der Waals surface area contributed by atoms with Gasteiger partial charge in [0.15, 0.2) is 11.5 Å². The van der Waals surface area contributed by atoms with E-state index >= 15 is 0 Å². The van der Waals surface area contributed by atoms with Crippen LogP contribution >= 0.6 is 0 Å². The molecule has 5 rings (SSSR count). The Hall–Kier alpha value is -4.05. The van der Waals surface area contributed by atoms with Gasteiger partial charge in [0.2, 0.25) is 21.8 Å². The Kier molecular flexibility index (Phi) is 10.7. The van der Waals surface area contributed by atoms with Gasteiger partial charge in [-0.3, -0.25) is 13.9 Å². The Balaban J connectivity index is 1.37. The fraction of sp³-hybridized carbons (Fsp3) is 0.429. The van der Waals surface area contributed by atoms with Gasteiger partial charge in [-0.1, -0.05) is 73.0 Å². The van der Waals surface area contributed by atoms with Gasteiger partial charge in [-0.05, 0) is 49.4 Å². The van der Waals surface area contributed by atoms with Crippen LogP contribution in [0.5, 0.6) is 11.5 Å². The van der Waals surface area contributed by atoms with Gasteiger partial charge in [-0.15, -0.1) is 0 Å². The van der Waals surface area contributed by atoms with Crippen molar-refractivity contribution in [1.82, 2.24) is 10.2 Å². The number of aryl methyl sites for hydroxylation is 1. The highest BCUT2D eigenvalue weighted by Gasteiger charge is 2.32. The quantitative estimate of drug-likeness (QED) is 0.284. The molecule has 0 radical (unpaired) electrons. The number of carbonyl (C=O) groups excluding carboxylic acids is 2. The van der Waals surface area contributed by atoms with Crippen LogP contribution in [0.15, 0.2) is 72.8 Å². The Morgan fingerprint density at radius 3 is 2.33 bits per heavy atom. The SMILES string of the molecule is Cc1cccc(CN(C(=O)CCCN(c2ccc3c(c2)OCCO3)S(C)(=O)=O)C(Cc2ccccc2)C(=O)NC2CCCC2)c1. The molecule has 1 saturated carbocycles. The van der Waals surface area contributed by atoms with Gasteiger partial charge in [0.25, 0.3) is 0 Å². The molecule has 1 fully saturated rings. The molecule has 0 saturated heterocycles. The second kappa shape index (κ2) is 14.8. The summed E-state index contributed by atoms with van der Waals surface area (Å²) in [5, 5.41) is 3.23. The number of hydrogen-bond donors (Lipinski definition) is 1. The van der Waals surface area contributed by atoms with Crippen LogP contribution in [0.1, 0.15) is 55.2 Å². The standard InChI is InChI=1S/C35H43N3O6S/c1-26-10-8-13-28(22-26)25-37(31(23-27-11-4-3-5-12-27)35(40)36-29-14-6-7-15-29)34(39)16-9-19-38(45(2,41)42)30-17-18-32-33(24-30)44-21-20-43-32/h3-5,8,10-13,17-18,22,24,29,31H,6-7,9,14-16,19-21,23,25H2,1-2H3,(H,36,40). The van der Waals surface area contributed by atoms with E-state index < -0.39 is 16.1 Å². The lowest BCUT2D eigenvalue weighted by molar-refractivity contribution is -0.141. The molecule has 1 aliphatic carbocycles. The first kappa shape index (κ1) is 32.3. The van der Waals surface area contributed by atoms with Crippen LogP contribution in [0, 0.1) is 6.92 Å². The van der Waals surface area contributed by atoms with Crippen molar-refractivity contribution in [2.45, 2.75) is 70.5 Å². The van der Waals surface area contributed by atoms with Gasteiger partial charge in [0, 0.05) is 38.0 Å². The van der Waals surface area contributed by atoms with Gasteiger partial charge in [-0.25, -0.2) is 8.42 Å². The summed E-state index contributed by atoms with van der Waals surface area (Å²) in [6, 6.07) is 22.1. The van der Waals surface area contributed by atoms with E-state index in [0.29, 0.717) is 36.8 Å². The number of carbonyl (C=O) groups is 2. The Labute approximate surface area is 266 Å². The monoisotopic (exact) mass is 633 g/mol. The first-order valence-electron chi connectivity index (χ1n) is 15.7. The zero-order chi connectivity index (χ0) is 31.8. The van der Waals surface area contributed by atoms with Crippen LogP contribution in [-0.4, -0.2) is 63.2 Å². The largest absolute Gasteiger partial charge is 0.486 e. The summed E-state index contributed by atoms with van der Waals surface area (Å²) in [7, 11) is -3.65. The molecule has 0 bridgehead atoms. The Morgan fingerprint density at radius 2 is 1.62 bits per heavy atom. The zero-order valence-corrected chi connectivity index (χ0v) is 26.9. The van der Waals surface area contributed by atoms with E-state index in [4.69, 9.17) is 9.47 Å². The fourth-order valence-electron chi connectivity index (χ4n) is 6.12. The molecule has 2 amide bonds. The third kappa shape index (κ3) is 8.78. The van der Waals surface area contributed by atoms with Crippen LogP contribution in [0.2, 0.25) is 0 Å². The maximum absolute atomic E-state index is 14.1. The highest BCUT2D eigenvalue weighted by molar-refractivity contribution is 7.92. The number of sulfonamides is 1. The average Bonchev–Trinajstić information content (AvgIpc) is 3.53. The topological polar surface area (TPSA) is 105 Å². The van der Waals surface area contributed by atoms with Crippen LogP contribution in [0.25, 0.3) is 0 Å². The second-order valence-corrected chi connectivity index (χ2v) is 13.9. The highest BCUT2D eigenvalue weighted by atomic mass is 32.2. The van der Waals surface area contributed by atoms with Gasteiger partial charge >= 0.3 is 0 Å². The average molecular weight is 634 g/mol. The molecule has 240 valence electrons. The number of nitrogens with one attached hydrogen (secondary N) is 1. The summed E-state index contributed by atoms with van der Waals surface area (Å²) >= 11 is 0. The predicted octanol–water partition coefficient (Wildman–Crippen LogP) is 5.01. The molecule has 9 nitrogen and oxygen atoms in total. The Bertz CT molecular complexity index is 1570. The van der Waals surface area contributed by atoms with Crippen LogP contribution < -0.4 is 19.1 Å². The molecule has 3 aromatic rings. The normalized spacial score (nSPS) is 15.3. The lowest BCUT2D eigenvalue weighted by Crippen LogP contribution is -2.52. The minimum atomic E-state index is -3.65. The van der Waals surface area contributed by atoms with Crippen LogP contribution in [-0.2, 0) is 32.6 Å². The summed E-state index contributed by atoms with van der Waals surface area (Å²) in [4.78, 5) is 29.7. The molecule has 1 unspecified atom stereocenters. The van der Waals surface area contributed by atoms with Crippen molar-refractivity contribution in [2.24, 2.45) is 0 Å².